The number of phenols is 1. The van der Waals surface area contributed by atoms with Crippen molar-refractivity contribution in [3.63, 3.8) is 0 Å². The van der Waals surface area contributed by atoms with E-state index in [1.54, 1.807) is 22.9 Å². The van der Waals surface area contributed by atoms with Crippen LogP contribution in [0.3, 0.4) is 0 Å². The van der Waals surface area contributed by atoms with Crippen molar-refractivity contribution in [1.29, 1.82) is 0 Å². The fourth-order valence-electron chi connectivity index (χ4n) is 5.31. The summed E-state index contributed by atoms with van der Waals surface area (Å²) >= 11 is 0. The number of alkyl halides is 1. The first-order chi connectivity index (χ1) is 15.5. The van der Waals surface area contributed by atoms with Gasteiger partial charge in [-0.3, -0.25) is 4.79 Å². The fourth-order valence-corrected chi connectivity index (χ4v) is 5.31. The molecule has 8 heteroatoms. The second-order valence-electron chi connectivity index (χ2n) is 10.3. The number of fused-ring (bicyclic) bond motifs is 2. The third-order valence-corrected chi connectivity index (χ3v) is 6.71. The van der Waals surface area contributed by atoms with Gasteiger partial charge >= 0.3 is 0 Å². The summed E-state index contributed by atoms with van der Waals surface area (Å²) in [6, 6.07) is 8.03. The molecule has 7 nitrogen and oxygen atoms in total. The van der Waals surface area contributed by atoms with Gasteiger partial charge in [0.15, 0.2) is 11.1 Å². The van der Waals surface area contributed by atoms with Crippen molar-refractivity contribution < 1.29 is 9.50 Å². The van der Waals surface area contributed by atoms with Gasteiger partial charge in [0.1, 0.15) is 11.9 Å². The van der Waals surface area contributed by atoms with Crippen molar-refractivity contribution in [3.8, 4) is 17.0 Å². The van der Waals surface area contributed by atoms with Gasteiger partial charge in [0.25, 0.3) is 0 Å². The first kappa shape index (κ1) is 21.6. The lowest BCUT2D eigenvalue weighted by atomic mass is 9.78. The number of phenolic OH excluding ortho intramolecular Hbond substituents is 1. The van der Waals surface area contributed by atoms with Gasteiger partial charge in [-0.05, 0) is 52.3 Å². The maximum atomic E-state index is 15.5. The van der Waals surface area contributed by atoms with E-state index < -0.39 is 11.7 Å². The summed E-state index contributed by atoms with van der Waals surface area (Å²) in [6.45, 7) is 7.92. The van der Waals surface area contributed by atoms with Crippen molar-refractivity contribution in [2.75, 3.05) is 0 Å². The average molecular weight is 450 g/mol. The quantitative estimate of drug-likeness (QED) is 0.482. The van der Waals surface area contributed by atoms with Gasteiger partial charge in [-0.1, -0.05) is 0 Å². The molecule has 5 rings (SSSR count). The molecule has 1 fully saturated rings. The lowest BCUT2D eigenvalue weighted by Gasteiger charge is -2.49. The average Bonchev–Trinajstić information content (AvgIpc) is 3.15. The van der Waals surface area contributed by atoms with E-state index in [-0.39, 0.29) is 22.8 Å². The zero-order valence-electron chi connectivity index (χ0n) is 19.4. The minimum absolute atomic E-state index is 0.0162. The Balaban J connectivity index is 1.60. The van der Waals surface area contributed by atoms with Crippen LogP contribution in [0.25, 0.3) is 33.2 Å². The van der Waals surface area contributed by atoms with Crippen molar-refractivity contribution in [2.45, 2.75) is 57.4 Å². The summed E-state index contributed by atoms with van der Waals surface area (Å²) in [7, 11) is 1.82. The number of pyridine rings is 1. The normalized spacial score (nSPS) is 22.1. The summed E-state index contributed by atoms with van der Waals surface area (Å²) in [4.78, 5) is 12.4. The van der Waals surface area contributed by atoms with Gasteiger partial charge in [0.05, 0.1) is 17.3 Å². The van der Waals surface area contributed by atoms with Crippen molar-refractivity contribution in [2.24, 2.45) is 7.05 Å². The number of aryl methyl sites for hydroxylation is 1. The first-order valence-electron chi connectivity index (χ1n) is 11.1. The molecule has 0 saturated carbocycles. The molecule has 2 atom stereocenters. The summed E-state index contributed by atoms with van der Waals surface area (Å²) < 4.78 is 19.1. The first-order valence-corrected chi connectivity index (χ1v) is 11.1. The molecular weight excluding hydrogens is 421 g/mol. The molecule has 4 heterocycles. The molecule has 0 aliphatic carbocycles. The Hall–Kier alpha value is -3.26. The zero-order chi connectivity index (χ0) is 23.7. The van der Waals surface area contributed by atoms with E-state index in [0.717, 1.165) is 5.39 Å². The lowest BCUT2D eigenvalue weighted by Crippen LogP contribution is -2.64. The molecule has 4 aromatic rings. The van der Waals surface area contributed by atoms with Crippen LogP contribution in [-0.4, -0.2) is 41.7 Å². The molecule has 1 saturated heterocycles. The highest BCUT2D eigenvalue weighted by Crippen LogP contribution is 2.40. The third kappa shape index (κ3) is 3.49. The lowest BCUT2D eigenvalue weighted by molar-refractivity contribution is 0.0313. The summed E-state index contributed by atoms with van der Waals surface area (Å²) in [5, 5.41) is 24.1. The van der Waals surface area contributed by atoms with E-state index in [2.05, 4.69) is 29.4 Å². The highest BCUT2D eigenvalue weighted by molar-refractivity contribution is 5.89. The molecule has 0 spiro atoms. The smallest absolute Gasteiger partial charge is 0.189 e. The summed E-state index contributed by atoms with van der Waals surface area (Å²) in [6.07, 6.45) is 3.02. The predicted octanol–water partition coefficient (Wildman–Crippen LogP) is 4.09. The number of hydrogen-bond donors (Lipinski definition) is 2. The minimum atomic E-state index is -1.11. The van der Waals surface area contributed by atoms with E-state index in [9.17, 15) is 9.90 Å². The van der Waals surface area contributed by atoms with E-state index in [4.69, 9.17) is 0 Å². The highest BCUT2D eigenvalue weighted by Gasteiger charge is 2.47. The number of hydrogen-bond acceptors (Lipinski definition) is 5. The largest absolute Gasteiger partial charge is 0.507 e. The molecule has 0 amide bonds. The predicted molar refractivity (Wildman–Crippen MR) is 127 cm³/mol. The number of benzene rings is 1. The Bertz CT molecular complexity index is 1450. The number of rotatable bonds is 2. The topological polar surface area (TPSA) is 85.0 Å². The molecule has 1 aliphatic heterocycles. The van der Waals surface area contributed by atoms with E-state index in [1.807, 2.05) is 43.8 Å². The Morgan fingerprint density at radius 3 is 2.64 bits per heavy atom. The highest BCUT2D eigenvalue weighted by atomic mass is 19.1. The molecule has 1 aliphatic rings. The van der Waals surface area contributed by atoms with Crippen LogP contribution in [0, 0.1) is 0 Å². The maximum absolute atomic E-state index is 15.5. The van der Waals surface area contributed by atoms with Crippen LogP contribution in [0.15, 0.2) is 47.5 Å². The second kappa shape index (κ2) is 7.12. The Labute approximate surface area is 190 Å². The van der Waals surface area contributed by atoms with Crippen LogP contribution in [-0.2, 0) is 7.05 Å². The van der Waals surface area contributed by atoms with Gasteiger partial charge in [-0.15, -0.1) is 10.2 Å². The SMILES string of the molecule is Cn1ccc(=O)c2cc(-c3cc4ccn([C@H]5CC(C)(C)NC(C)(C)[C@H]5F)c4nn3)c(O)cc21. The fraction of sp³-hybridized carbons (Fsp3) is 0.400. The molecule has 2 N–H and O–H groups in total. The molecule has 3 aromatic heterocycles. The van der Waals surface area contributed by atoms with Gasteiger partial charge in [0.2, 0.25) is 0 Å². The van der Waals surface area contributed by atoms with Gasteiger partial charge < -0.3 is 19.6 Å². The van der Waals surface area contributed by atoms with Crippen LogP contribution in [0.5, 0.6) is 5.75 Å². The molecule has 0 bridgehead atoms. The maximum Gasteiger partial charge on any atom is 0.189 e. The number of nitrogens with zero attached hydrogens (tertiary/aromatic N) is 4. The molecule has 1 aromatic carbocycles. The summed E-state index contributed by atoms with van der Waals surface area (Å²) in [5.41, 5.74) is 1.07. The molecule has 172 valence electrons. The van der Waals surface area contributed by atoms with E-state index in [1.165, 1.54) is 6.07 Å². The Kier molecular flexibility index (Phi) is 4.65. The van der Waals surface area contributed by atoms with Crippen molar-refractivity contribution in [3.05, 3.63) is 52.9 Å². The second-order valence-corrected chi connectivity index (χ2v) is 10.3. The van der Waals surface area contributed by atoms with Crippen LogP contribution < -0.4 is 10.7 Å². The molecule has 0 unspecified atom stereocenters. The molecular formula is C25H28FN5O2. The number of aromatic hydroxyl groups is 1. The van der Waals surface area contributed by atoms with E-state index >= 15 is 4.39 Å². The number of halogens is 1. The van der Waals surface area contributed by atoms with Crippen LogP contribution in [0.1, 0.15) is 40.2 Å². The number of piperidine rings is 1. The Morgan fingerprint density at radius 2 is 1.88 bits per heavy atom. The van der Waals surface area contributed by atoms with Gasteiger partial charge in [-0.2, -0.15) is 0 Å². The van der Waals surface area contributed by atoms with Gasteiger partial charge in [-0.25, -0.2) is 4.39 Å². The van der Waals surface area contributed by atoms with Crippen LogP contribution >= 0.6 is 0 Å². The monoisotopic (exact) mass is 449 g/mol. The van der Waals surface area contributed by atoms with Crippen molar-refractivity contribution in [1.82, 2.24) is 24.6 Å². The summed E-state index contributed by atoms with van der Waals surface area (Å²) in [5.74, 6) is 0.0162. The Morgan fingerprint density at radius 1 is 1.12 bits per heavy atom. The standard InChI is InChI=1S/C25H28FN5O2/c1-24(2)13-19(22(26)25(3,4)29-24)31-9-6-14-10-17(27-28-23(14)31)15-11-16-18(12-21(15)33)30(5)8-7-20(16)32/h6-12,19,22,29,33H,13H2,1-5H3/t19-,22-/m0/s1. The number of aromatic nitrogens is 4. The zero-order valence-corrected chi connectivity index (χ0v) is 19.4. The van der Waals surface area contributed by atoms with Crippen LogP contribution in [0.2, 0.25) is 0 Å². The third-order valence-electron chi connectivity index (χ3n) is 6.71. The minimum Gasteiger partial charge on any atom is -0.507 e. The van der Waals surface area contributed by atoms with E-state index in [0.29, 0.717) is 34.2 Å². The van der Waals surface area contributed by atoms with Gasteiger partial charge in [0, 0.05) is 59.0 Å². The van der Waals surface area contributed by atoms with Crippen LogP contribution in [0.4, 0.5) is 4.39 Å². The number of nitrogens with one attached hydrogen (secondary N) is 1. The van der Waals surface area contributed by atoms with Crippen molar-refractivity contribution >= 4 is 21.9 Å². The molecule has 0 radical (unpaired) electrons. The molecule has 33 heavy (non-hydrogen) atoms.